The first-order valence-electron chi connectivity index (χ1n) is 7.96. The summed E-state index contributed by atoms with van der Waals surface area (Å²) < 4.78 is 0. The van der Waals surface area contributed by atoms with E-state index in [-0.39, 0.29) is 11.8 Å². The van der Waals surface area contributed by atoms with E-state index < -0.39 is 5.97 Å². The minimum Gasteiger partial charge on any atom is -0.481 e. The van der Waals surface area contributed by atoms with Gasteiger partial charge in [0.15, 0.2) is 0 Å². The van der Waals surface area contributed by atoms with Crippen molar-refractivity contribution in [3.63, 3.8) is 0 Å². The topological polar surface area (TPSA) is 56.7 Å². The van der Waals surface area contributed by atoms with Crippen molar-refractivity contribution >= 4 is 5.97 Å². The second-order valence-electron chi connectivity index (χ2n) is 7.06. The van der Waals surface area contributed by atoms with Crippen molar-refractivity contribution in [1.82, 2.24) is 14.8 Å². The van der Waals surface area contributed by atoms with Gasteiger partial charge in [-0.05, 0) is 11.6 Å². The smallest absolute Gasteiger partial charge is 0.304 e. The maximum Gasteiger partial charge on any atom is 0.304 e. The molecular formula is C17H27N3O2. The van der Waals surface area contributed by atoms with E-state index in [1.807, 2.05) is 6.20 Å². The Kier molecular flexibility index (Phi) is 5.53. The molecule has 22 heavy (non-hydrogen) atoms. The number of aromatic nitrogens is 1. The van der Waals surface area contributed by atoms with Crippen LogP contribution in [0.3, 0.4) is 0 Å². The first-order valence-corrected chi connectivity index (χ1v) is 7.96. The van der Waals surface area contributed by atoms with Gasteiger partial charge in [-0.3, -0.25) is 14.7 Å². The van der Waals surface area contributed by atoms with E-state index in [4.69, 9.17) is 5.11 Å². The lowest BCUT2D eigenvalue weighted by Crippen LogP contribution is -2.46. The van der Waals surface area contributed by atoms with E-state index in [1.165, 1.54) is 5.56 Å². The van der Waals surface area contributed by atoms with Crippen molar-refractivity contribution in [3.8, 4) is 0 Å². The van der Waals surface area contributed by atoms with Crippen molar-refractivity contribution in [2.45, 2.75) is 39.2 Å². The summed E-state index contributed by atoms with van der Waals surface area (Å²) in [4.78, 5) is 19.8. The fourth-order valence-electron chi connectivity index (χ4n) is 2.64. The summed E-state index contributed by atoms with van der Waals surface area (Å²) in [6.45, 7) is 12.0. The van der Waals surface area contributed by atoms with Crippen LogP contribution < -0.4 is 0 Å². The first kappa shape index (κ1) is 16.9. The zero-order valence-corrected chi connectivity index (χ0v) is 13.9. The molecular weight excluding hydrogens is 278 g/mol. The standard InChI is InChI=1S/C17H27N3O2/c1-17(2,3)15-5-4-14(12-18-15)13-20-10-8-19(9-11-20)7-6-16(21)22/h4-5,12H,6-11,13H2,1-3H3,(H,21,22). The molecule has 1 aromatic heterocycles. The third-order valence-electron chi connectivity index (χ3n) is 4.11. The molecule has 5 heteroatoms. The molecule has 1 aromatic rings. The van der Waals surface area contributed by atoms with Crippen molar-refractivity contribution in [1.29, 1.82) is 0 Å². The average Bonchev–Trinajstić information content (AvgIpc) is 2.46. The van der Waals surface area contributed by atoms with Gasteiger partial charge in [-0.15, -0.1) is 0 Å². The fourth-order valence-corrected chi connectivity index (χ4v) is 2.64. The van der Waals surface area contributed by atoms with Crippen LogP contribution in [0.15, 0.2) is 18.3 Å². The summed E-state index contributed by atoms with van der Waals surface area (Å²) in [6, 6.07) is 4.29. The fraction of sp³-hybridized carbons (Fsp3) is 0.647. The number of rotatable bonds is 5. The molecule has 122 valence electrons. The lowest BCUT2D eigenvalue weighted by molar-refractivity contribution is -0.137. The molecule has 0 aromatic carbocycles. The number of hydrogen-bond acceptors (Lipinski definition) is 4. The number of carboxylic acids is 1. The van der Waals surface area contributed by atoms with Gasteiger partial charge in [0.25, 0.3) is 0 Å². The van der Waals surface area contributed by atoms with Crippen LogP contribution in [0, 0.1) is 0 Å². The Morgan fingerprint density at radius 3 is 2.32 bits per heavy atom. The van der Waals surface area contributed by atoms with E-state index in [0.717, 1.165) is 38.4 Å². The van der Waals surface area contributed by atoms with Gasteiger partial charge < -0.3 is 10.0 Å². The van der Waals surface area contributed by atoms with Gasteiger partial charge in [0.2, 0.25) is 0 Å². The van der Waals surface area contributed by atoms with Gasteiger partial charge in [0, 0.05) is 56.6 Å². The lowest BCUT2D eigenvalue weighted by atomic mass is 9.91. The maximum absolute atomic E-state index is 10.6. The number of nitrogens with zero attached hydrogens (tertiary/aromatic N) is 3. The molecule has 0 bridgehead atoms. The lowest BCUT2D eigenvalue weighted by Gasteiger charge is -2.34. The summed E-state index contributed by atoms with van der Waals surface area (Å²) in [6.07, 6.45) is 2.22. The van der Waals surface area contributed by atoms with Crippen LogP contribution in [-0.4, -0.2) is 58.6 Å². The third kappa shape index (κ3) is 5.07. The van der Waals surface area contributed by atoms with Crippen LogP contribution in [-0.2, 0) is 16.8 Å². The number of carbonyl (C=O) groups is 1. The van der Waals surface area contributed by atoms with Crippen LogP contribution in [0.1, 0.15) is 38.4 Å². The van der Waals surface area contributed by atoms with Crippen LogP contribution >= 0.6 is 0 Å². The minimum absolute atomic E-state index is 0.0916. The van der Waals surface area contributed by atoms with Crippen LogP contribution in [0.5, 0.6) is 0 Å². The Labute approximate surface area is 132 Å². The Balaban J connectivity index is 1.80. The van der Waals surface area contributed by atoms with Crippen LogP contribution in [0.25, 0.3) is 0 Å². The predicted octanol–water partition coefficient (Wildman–Crippen LogP) is 1.97. The summed E-state index contributed by atoms with van der Waals surface area (Å²) in [5.74, 6) is -0.715. The Morgan fingerprint density at radius 1 is 1.18 bits per heavy atom. The van der Waals surface area contributed by atoms with E-state index in [0.29, 0.717) is 6.54 Å². The molecule has 1 fully saturated rings. The highest BCUT2D eigenvalue weighted by Gasteiger charge is 2.18. The highest BCUT2D eigenvalue weighted by Crippen LogP contribution is 2.20. The number of piperazine rings is 1. The molecule has 0 unspecified atom stereocenters. The van der Waals surface area contributed by atoms with Crippen molar-refractivity contribution in [2.75, 3.05) is 32.7 Å². The van der Waals surface area contributed by atoms with Crippen molar-refractivity contribution < 1.29 is 9.90 Å². The van der Waals surface area contributed by atoms with E-state index >= 15 is 0 Å². The molecule has 1 N–H and O–H groups in total. The van der Waals surface area contributed by atoms with E-state index in [9.17, 15) is 4.79 Å². The zero-order chi connectivity index (χ0) is 16.2. The molecule has 2 heterocycles. The average molecular weight is 305 g/mol. The van der Waals surface area contributed by atoms with Crippen LogP contribution in [0.2, 0.25) is 0 Å². The first-order chi connectivity index (χ1) is 10.3. The Hall–Kier alpha value is -1.46. The molecule has 1 saturated heterocycles. The minimum atomic E-state index is -0.715. The van der Waals surface area contributed by atoms with Gasteiger partial charge >= 0.3 is 5.97 Å². The molecule has 5 nitrogen and oxygen atoms in total. The number of pyridine rings is 1. The number of aliphatic carboxylic acids is 1. The Bertz CT molecular complexity index is 486. The van der Waals surface area contributed by atoms with Gasteiger partial charge in [0.05, 0.1) is 6.42 Å². The van der Waals surface area contributed by atoms with Gasteiger partial charge in [-0.25, -0.2) is 0 Å². The van der Waals surface area contributed by atoms with Crippen LogP contribution in [0.4, 0.5) is 0 Å². The molecule has 0 aliphatic carbocycles. The molecule has 0 spiro atoms. The normalized spacial score (nSPS) is 17.6. The number of hydrogen-bond donors (Lipinski definition) is 1. The molecule has 0 atom stereocenters. The van der Waals surface area contributed by atoms with Crippen molar-refractivity contribution in [2.24, 2.45) is 0 Å². The highest BCUT2D eigenvalue weighted by molar-refractivity contribution is 5.66. The largest absolute Gasteiger partial charge is 0.481 e. The predicted molar refractivity (Wildman–Crippen MR) is 86.9 cm³/mol. The molecule has 1 aliphatic rings. The number of carboxylic acid groups (broad SMARTS) is 1. The van der Waals surface area contributed by atoms with E-state index in [1.54, 1.807) is 0 Å². The summed E-state index contributed by atoms with van der Waals surface area (Å²) in [5.41, 5.74) is 2.45. The summed E-state index contributed by atoms with van der Waals surface area (Å²) >= 11 is 0. The molecule has 1 aliphatic heterocycles. The monoisotopic (exact) mass is 305 g/mol. The summed E-state index contributed by atoms with van der Waals surface area (Å²) in [7, 11) is 0. The van der Waals surface area contributed by atoms with Gasteiger partial charge in [-0.2, -0.15) is 0 Å². The summed E-state index contributed by atoms with van der Waals surface area (Å²) in [5, 5.41) is 8.73. The van der Waals surface area contributed by atoms with Gasteiger partial charge in [0.1, 0.15) is 0 Å². The van der Waals surface area contributed by atoms with Gasteiger partial charge in [-0.1, -0.05) is 26.8 Å². The zero-order valence-electron chi connectivity index (χ0n) is 13.9. The third-order valence-corrected chi connectivity index (χ3v) is 4.11. The second kappa shape index (κ2) is 7.20. The quantitative estimate of drug-likeness (QED) is 0.901. The van der Waals surface area contributed by atoms with E-state index in [2.05, 4.69) is 47.7 Å². The maximum atomic E-state index is 10.6. The Morgan fingerprint density at radius 2 is 1.82 bits per heavy atom. The van der Waals surface area contributed by atoms with Crippen molar-refractivity contribution in [3.05, 3.63) is 29.6 Å². The molecule has 0 saturated carbocycles. The second-order valence-corrected chi connectivity index (χ2v) is 7.06. The molecule has 2 rings (SSSR count). The molecule has 0 radical (unpaired) electrons. The molecule has 0 amide bonds. The highest BCUT2D eigenvalue weighted by atomic mass is 16.4. The SMILES string of the molecule is CC(C)(C)c1ccc(CN2CCN(CCC(=O)O)CC2)cn1.